The van der Waals surface area contributed by atoms with Crippen molar-refractivity contribution in [1.29, 1.82) is 0 Å². The predicted molar refractivity (Wildman–Crippen MR) is 64.5 cm³/mol. The van der Waals surface area contributed by atoms with Crippen LogP contribution in [-0.2, 0) is 6.42 Å². The summed E-state index contributed by atoms with van der Waals surface area (Å²) in [6.07, 6.45) is 0.775. The molecule has 0 saturated heterocycles. The molecule has 0 aliphatic rings. The van der Waals surface area contributed by atoms with E-state index in [1.807, 2.05) is 18.2 Å². The largest absolute Gasteiger partial charge is 0.330 e. The summed E-state index contributed by atoms with van der Waals surface area (Å²) in [6, 6.07) is 7.48. The lowest BCUT2D eigenvalue weighted by atomic mass is 10.1. The molecule has 0 fully saturated rings. The van der Waals surface area contributed by atoms with Gasteiger partial charge in [-0.15, -0.1) is 0 Å². The zero-order valence-corrected chi connectivity index (χ0v) is 9.52. The van der Waals surface area contributed by atoms with E-state index in [4.69, 9.17) is 28.9 Å². The van der Waals surface area contributed by atoms with Gasteiger partial charge in [-0.2, -0.15) is 0 Å². The smallest absolute Gasteiger partial charge is 0.129 e. The van der Waals surface area contributed by atoms with Crippen molar-refractivity contribution >= 4 is 34.1 Å². The lowest BCUT2D eigenvalue weighted by Gasteiger charge is -2.06. The van der Waals surface area contributed by atoms with E-state index in [1.165, 1.54) is 0 Å². The van der Waals surface area contributed by atoms with E-state index in [9.17, 15) is 0 Å². The quantitative estimate of drug-likeness (QED) is 0.820. The second kappa shape index (κ2) is 4.35. The van der Waals surface area contributed by atoms with Gasteiger partial charge in [0.15, 0.2) is 0 Å². The normalized spacial score (nSPS) is 10.9. The number of hydrogen-bond donors (Lipinski definition) is 1. The van der Waals surface area contributed by atoms with Gasteiger partial charge in [0, 0.05) is 5.39 Å². The highest BCUT2D eigenvalue weighted by Crippen LogP contribution is 2.27. The van der Waals surface area contributed by atoms with E-state index < -0.39 is 0 Å². The lowest BCUT2D eigenvalue weighted by molar-refractivity contribution is 0.971. The van der Waals surface area contributed by atoms with Crippen LogP contribution in [0.1, 0.15) is 5.56 Å². The summed E-state index contributed by atoms with van der Waals surface area (Å²) < 4.78 is 0. The topological polar surface area (TPSA) is 38.9 Å². The molecule has 0 atom stereocenters. The summed E-state index contributed by atoms with van der Waals surface area (Å²) in [5, 5.41) is 2.12. The van der Waals surface area contributed by atoms with Gasteiger partial charge in [-0.05, 0) is 36.7 Å². The average Bonchev–Trinajstić information content (AvgIpc) is 2.22. The molecule has 1 aromatic heterocycles. The fourth-order valence-electron chi connectivity index (χ4n) is 1.54. The fraction of sp³-hybridized carbons (Fsp3) is 0.182. The Balaban J connectivity index is 2.63. The number of rotatable bonds is 2. The third-order valence-corrected chi connectivity index (χ3v) is 2.92. The van der Waals surface area contributed by atoms with Gasteiger partial charge in [0.25, 0.3) is 0 Å². The number of hydrogen-bond acceptors (Lipinski definition) is 2. The van der Waals surface area contributed by atoms with E-state index in [2.05, 4.69) is 4.98 Å². The average molecular weight is 241 g/mol. The number of aromatic nitrogens is 1. The number of nitrogens with two attached hydrogens (primary N) is 1. The Hall–Kier alpha value is -0.830. The molecule has 78 valence electrons. The Morgan fingerprint density at radius 2 is 1.93 bits per heavy atom. The van der Waals surface area contributed by atoms with Crippen molar-refractivity contribution in [2.75, 3.05) is 6.54 Å². The molecular formula is C11H10Cl2N2. The molecule has 1 heterocycles. The minimum Gasteiger partial charge on any atom is -0.330 e. The van der Waals surface area contributed by atoms with Crippen LogP contribution in [0.2, 0.25) is 10.2 Å². The first-order chi connectivity index (χ1) is 7.22. The summed E-state index contributed by atoms with van der Waals surface area (Å²) in [7, 11) is 0. The van der Waals surface area contributed by atoms with Crippen LogP contribution < -0.4 is 5.73 Å². The molecule has 2 aromatic rings. The van der Waals surface area contributed by atoms with Crippen molar-refractivity contribution in [1.82, 2.24) is 4.98 Å². The SMILES string of the molecule is NCCc1ccc2nc(Cl)ccc2c1Cl. The molecule has 0 saturated carbocycles. The third-order valence-electron chi connectivity index (χ3n) is 2.27. The van der Waals surface area contributed by atoms with Gasteiger partial charge in [-0.25, -0.2) is 4.98 Å². The van der Waals surface area contributed by atoms with Gasteiger partial charge in [0.05, 0.1) is 10.5 Å². The molecule has 0 bridgehead atoms. The molecule has 1 aromatic carbocycles. The molecule has 4 heteroatoms. The highest BCUT2D eigenvalue weighted by atomic mass is 35.5. The predicted octanol–water partition coefficient (Wildman–Crippen LogP) is 3.04. The molecular weight excluding hydrogens is 231 g/mol. The Morgan fingerprint density at radius 1 is 1.13 bits per heavy atom. The van der Waals surface area contributed by atoms with Crippen molar-refractivity contribution < 1.29 is 0 Å². The van der Waals surface area contributed by atoms with Crippen LogP contribution in [0.4, 0.5) is 0 Å². The second-order valence-corrected chi connectivity index (χ2v) is 4.04. The van der Waals surface area contributed by atoms with Crippen molar-refractivity contribution in [2.45, 2.75) is 6.42 Å². The Morgan fingerprint density at radius 3 is 2.67 bits per heavy atom. The van der Waals surface area contributed by atoms with Crippen molar-refractivity contribution in [2.24, 2.45) is 5.73 Å². The van der Waals surface area contributed by atoms with Crippen molar-refractivity contribution in [3.8, 4) is 0 Å². The maximum absolute atomic E-state index is 6.23. The maximum atomic E-state index is 6.23. The van der Waals surface area contributed by atoms with Gasteiger partial charge < -0.3 is 5.73 Å². The van der Waals surface area contributed by atoms with Crippen LogP contribution in [0.25, 0.3) is 10.9 Å². The summed E-state index contributed by atoms with van der Waals surface area (Å²) in [6.45, 7) is 0.590. The molecule has 0 spiro atoms. The van der Waals surface area contributed by atoms with Crippen molar-refractivity contribution in [3.63, 3.8) is 0 Å². The summed E-state index contributed by atoms with van der Waals surface area (Å²) >= 11 is 12.0. The van der Waals surface area contributed by atoms with E-state index in [0.29, 0.717) is 11.7 Å². The number of benzene rings is 1. The Labute approximate surface area is 98.0 Å². The monoisotopic (exact) mass is 240 g/mol. The maximum Gasteiger partial charge on any atom is 0.129 e. The van der Waals surface area contributed by atoms with Crippen LogP contribution >= 0.6 is 23.2 Å². The zero-order chi connectivity index (χ0) is 10.8. The van der Waals surface area contributed by atoms with Crippen LogP contribution in [0, 0.1) is 0 Å². The highest BCUT2D eigenvalue weighted by molar-refractivity contribution is 6.36. The standard InChI is InChI=1S/C11H10Cl2N2/c12-10-4-2-8-9(15-10)3-1-7(5-6-14)11(8)13/h1-4H,5-6,14H2. The van der Waals surface area contributed by atoms with Gasteiger partial charge in [-0.3, -0.25) is 0 Å². The molecule has 15 heavy (non-hydrogen) atoms. The van der Waals surface area contributed by atoms with Gasteiger partial charge in [0.1, 0.15) is 5.15 Å². The summed E-state index contributed by atoms with van der Waals surface area (Å²) in [4.78, 5) is 4.19. The fourth-order valence-corrected chi connectivity index (χ4v) is 2.01. The molecule has 0 aliphatic carbocycles. The van der Waals surface area contributed by atoms with Gasteiger partial charge >= 0.3 is 0 Å². The second-order valence-electron chi connectivity index (χ2n) is 3.28. The van der Waals surface area contributed by atoms with Crippen LogP contribution in [0.3, 0.4) is 0 Å². The van der Waals surface area contributed by atoms with E-state index in [-0.39, 0.29) is 0 Å². The first-order valence-corrected chi connectivity index (χ1v) is 5.41. The molecule has 0 radical (unpaired) electrons. The third kappa shape index (κ3) is 2.07. The minimum atomic E-state index is 0.477. The van der Waals surface area contributed by atoms with Gasteiger partial charge in [0.2, 0.25) is 0 Å². The van der Waals surface area contributed by atoms with Crippen molar-refractivity contribution in [3.05, 3.63) is 40.0 Å². The number of pyridine rings is 1. The number of fused-ring (bicyclic) bond motifs is 1. The van der Waals surface area contributed by atoms with Crippen LogP contribution in [0.5, 0.6) is 0 Å². The molecule has 0 unspecified atom stereocenters. The van der Waals surface area contributed by atoms with Crippen LogP contribution in [0.15, 0.2) is 24.3 Å². The Bertz CT molecular complexity index is 497. The van der Waals surface area contributed by atoms with E-state index in [0.717, 1.165) is 27.9 Å². The minimum absolute atomic E-state index is 0.477. The van der Waals surface area contributed by atoms with E-state index >= 15 is 0 Å². The van der Waals surface area contributed by atoms with E-state index in [1.54, 1.807) is 6.07 Å². The highest BCUT2D eigenvalue weighted by Gasteiger charge is 2.05. The number of nitrogens with zero attached hydrogens (tertiary/aromatic N) is 1. The first-order valence-electron chi connectivity index (χ1n) is 4.66. The Kier molecular flexibility index (Phi) is 3.10. The molecule has 0 aliphatic heterocycles. The zero-order valence-electron chi connectivity index (χ0n) is 8.00. The molecule has 2 N–H and O–H groups in total. The molecule has 2 nitrogen and oxygen atoms in total. The lowest BCUT2D eigenvalue weighted by Crippen LogP contribution is -2.03. The molecule has 2 rings (SSSR count). The van der Waals surface area contributed by atoms with Gasteiger partial charge in [-0.1, -0.05) is 29.3 Å². The molecule has 0 amide bonds. The summed E-state index contributed by atoms with van der Waals surface area (Å²) in [5.41, 5.74) is 7.37. The first kappa shape index (κ1) is 10.7. The van der Waals surface area contributed by atoms with Crippen LogP contribution in [-0.4, -0.2) is 11.5 Å². The number of halogens is 2. The summed E-state index contributed by atoms with van der Waals surface area (Å²) in [5.74, 6) is 0.